The van der Waals surface area contributed by atoms with Gasteiger partial charge in [0.2, 0.25) is 0 Å². The molecule has 3 heterocycles. The highest BCUT2D eigenvalue weighted by Gasteiger charge is 2.49. The van der Waals surface area contributed by atoms with Crippen LogP contribution in [0.5, 0.6) is 0 Å². The van der Waals surface area contributed by atoms with Crippen LogP contribution in [0, 0.1) is 6.92 Å². The molecule has 176 valence electrons. The minimum absolute atomic E-state index is 0.0753. The monoisotopic (exact) mass is 484 g/mol. The quantitative estimate of drug-likeness (QED) is 0.465. The van der Waals surface area contributed by atoms with Gasteiger partial charge in [-0.15, -0.1) is 11.8 Å². The zero-order chi connectivity index (χ0) is 24.0. The molecule has 8 nitrogen and oxygen atoms in total. The third-order valence-electron chi connectivity index (χ3n) is 6.65. The minimum atomic E-state index is -0.438. The highest BCUT2D eigenvalue weighted by molar-refractivity contribution is 8.01. The van der Waals surface area contributed by atoms with Crippen LogP contribution in [0.15, 0.2) is 60.7 Å². The van der Waals surface area contributed by atoms with Crippen molar-refractivity contribution in [3.05, 3.63) is 72.1 Å². The second-order valence-electron chi connectivity index (χ2n) is 8.90. The smallest absolute Gasteiger partial charge is 0.272 e. The number of nitrogens with zero attached hydrogens (tertiary/aromatic N) is 5. The lowest BCUT2D eigenvalue weighted by Gasteiger charge is -2.33. The first-order valence-corrected chi connectivity index (χ1v) is 12.7. The number of carbonyl (C=O) groups excluding carboxylic acids is 2. The van der Waals surface area contributed by atoms with Crippen LogP contribution < -0.4 is 5.43 Å². The van der Waals surface area contributed by atoms with E-state index in [0.29, 0.717) is 28.3 Å². The van der Waals surface area contributed by atoms with Gasteiger partial charge >= 0.3 is 0 Å². The molecular weight excluding hydrogens is 460 g/mol. The SMILES string of the molecule is Cc1nn(-c2ccccc2)c2nc(-c3ccccc3)c(C(=O)NN3C(=O)CSC34CCCC4)nc12. The highest BCUT2D eigenvalue weighted by atomic mass is 32.2. The number of aromatic nitrogens is 4. The van der Waals surface area contributed by atoms with Crippen molar-refractivity contribution in [2.75, 3.05) is 5.75 Å². The number of aryl methyl sites for hydroxylation is 1. The fourth-order valence-corrected chi connectivity index (χ4v) is 6.31. The third kappa shape index (κ3) is 3.67. The van der Waals surface area contributed by atoms with Gasteiger partial charge in [0.25, 0.3) is 11.8 Å². The number of thioether (sulfide) groups is 1. The molecule has 6 rings (SSSR count). The first-order chi connectivity index (χ1) is 17.1. The van der Waals surface area contributed by atoms with Crippen molar-refractivity contribution in [1.82, 2.24) is 30.2 Å². The number of hydrogen-bond donors (Lipinski definition) is 1. The Balaban J connectivity index is 1.48. The lowest BCUT2D eigenvalue weighted by Crippen LogP contribution is -2.53. The van der Waals surface area contributed by atoms with Crippen molar-refractivity contribution in [3.63, 3.8) is 0 Å². The van der Waals surface area contributed by atoms with Crippen molar-refractivity contribution in [2.45, 2.75) is 37.5 Å². The van der Waals surface area contributed by atoms with Crippen LogP contribution >= 0.6 is 11.8 Å². The van der Waals surface area contributed by atoms with E-state index in [4.69, 9.17) is 9.97 Å². The Labute approximate surface area is 206 Å². The van der Waals surface area contributed by atoms with E-state index in [1.54, 1.807) is 21.5 Å². The number of rotatable bonds is 4. The first kappa shape index (κ1) is 21.8. The fraction of sp³-hybridized carbons (Fsp3) is 0.269. The topological polar surface area (TPSA) is 93.0 Å². The predicted molar refractivity (Wildman–Crippen MR) is 135 cm³/mol. The van der Waals surface area contributed by atoms with Crippen molar-refractivity contribution >= 4 is 34.7 Å². The highest BCUT2D eigenvalue weighted by Crippen LogP contribution is 2.47. The zero-order valence-corrected chi connectivity index (χ0v) is 20.1. The maximum Gasteiger partial charge on any atom is 0.290 e. The summed E-state index contributed by atoms with van der Waals surface area (Å²) in [6.07, 6.45) is 3.85. The molecule has 0 unspecified atom stereocenters. The largest absolute Gasteiger partial charge is 0.290 e. The molecule has 2 aliphatic rings. The number of hydrogen-bond acceptors (Lipinski definition) is 6. The van der Waals surface area contributed by atoms with Gasteiger partial charge in [-0.25, -0.2) is 19.7 Å². The fourth-order valence-electron chi connectivity index (χ4n) is 4.93. The summed E-state index contributed by atoms with van der Waals surface area (Å²) >= 11 is 1.62. The zero-order valence-electron chi connectivity index (χ0n) is 19.3. The number of carbonyl (C=O) groups is 2. The van der Waals surface area contributed by atoms with Crippen molar-refractivity contribution < 1.29 is 9.59 Å². The van der Waals surface area contributed by atoms with Gasteiger partial charge in [-0.3, -0.25) is 15.0 Å². The van der Waals surface area contributed by atoms with Gasteiger partial charge in [0.15, 0.2) is 11.3 Å². The van der Waals surface area contributed by atoms with E-state index in [9.17, 15) is 9.59 Å². The van der Waals surface area contributed by atoms with Crippen LogP contribution in [0.4, 0.5) is 0 Å². The van der Waals surface area contributed by atoms with Gasteiger partial charge in [-0.2, -0.15) is 5.10 Å². The van der Waals surface area contributed by atoms with E-state index in [0.717, 1.165) is 36.9 Å². The molecule has 1 N–H and O–H groups in total. The van der Waals surface area contributed by atoms with Gasteiger partial charge in [0.1, 0.15) is 16.1 Å². The Morgan fingerprint density at radius 1 is 1.00 bits per heavy atom. The van der Waals surface area contributed by atoms with Crippen molar-refractivity contribution in [3.8, 4) is 16.9 Å². The number of fused-ring (bicyclic) bond motifs is 1. The number of hydrazine groups is 1. The molecule has 2 amide bonds. The van der Waals surface area contributed by atoms with E-state index in [2.05, 4.69) is 10.5 Å². The third-order valence-corrected chi connectivity index (χ3v) is 8.17. The average molecular weight is 485 g/mol. The van der Waals surface area contributed by atoms with Gasteiger partial charge in [-0.1, -0.05) is 61.4 Å². The Hall–Kier alpha value is -3.72. The molecule has 1 spiro atoms. The molecule has 2 fully saturated rings. The maximum atomic E-state index is 13.7. The Bertz CT molecular complexity index is 1430. The van der Waals surface area contributed by atoms with E-state index in [1.807, 2.05) is 67.6 Å². The summed E-state index contributed by atoms with van der Waals surface area (Å²) in [4.78, 5) is 35.7. The number of amides is 2. The van der Waals surface area contributed by atoms with Crippen LogP contribution in [-0.2, 0) is 4.79 Å². The molecule has 0 radical (unpaired) electrons. The normalized spacial score (nSPS) is 16.9. The summed E-state index contributed by atoms with van der Waals surface area (Å²) in [5.41, 5.74) is 6.96. The van der Waals surface area contributed by atoms with Crippen LogP contribution in [0.25, 0.3) is 28.1 Å². The molecule has 1 aliphatic carbocycles. The molecule has 9 heteroatoms. The van der Waals surface area contributed by atoms with E-state index >= 15 is 0 Å². The number of benzene rings is 2. The molecular formula is C26H24N6O2S. The van der Waals surface area contributed by atoms with Crippen LogP contribution in [0.1, 0.15) is 41.9 Å². The Morgan fingerprint density at radius 2 is 1.69 bits per heavy atom. The predicted octanol–water partition coefficient (Wildman–Crippen LogP) is 4.28. The second kappa shape index (κ2) is 8.49. The lowest BCUT2D eigenvalue weighted by molar-refractivity contribution is -0.132. The molecule has 4 aromatic rings. The van der Waals surface area contributed by atoms with Crippen molar-refractivity contribution in [2.24, 2.45) is 0 Å². The molecule has 0 bridgehead atoms. The Morgan fingerprint density at radius 3 is 2.40 bits per heavy atom. The van der Waals surface area contributed by atoms with Gasteiger partial charge in [-0.05, 0) is 31.9 Å². The number of nitrogens with one attached hydrogen (secondary N) is 1. The van der Waals surface area contributed by atoms with Crippen LogP contribution in [-0.4, -0.2) is 47.2 Å². The molecule has 1 saturated carbocycles. The molecule has 2 aromatic heterocycles. The van der Waals surface area contributed by atoms with E-state index in [-0.39, 0.29) is 16.5 Å². The summed E-state index contributed by atoms with van der Waals surface area (Å²) in [5, 5.41) is 6.21. The Kier molecular flexibility index (Phi) is 5.29. The van der Waals surface area contributed by atoms with Crippen LogP contribution in [0.2, 0.25) is 0 Å². The first-order valence-electron chi connectivity index (χ1n) is 11.7. The summed E-state index contributed by atoms with van der Waals surface area (Å²) in [6.45, 7) is 1.86. The van der Waals surface area contributed by atoms with Gasteiger partial charge in [0, 0.05) is 5.56 Å². The molecule has 1 aliphatic heterocycles. The van der Waals surface area contributed by atoms with E-state index < -0.39 is 5.91 Å². The van der Waals surface area contributed by atoms with Crippen LogP contribution in [0.3, 0.4) is 0 Å². The van der Waals surface area contributed by atoms with Crippen molar-refractivity contribution in [1.29, 1.82) is 0 Å². The summed E-state index contributed by atoms with van der Waals surface area (Å²) in [5.74, 6) is -0.139. The molecule has 0 atom stereocenters. The summed E-state index contributed by atoms with van der Waals surface area (Å²) in [6, 6.07) is 19.2. The number of para-hydroxylation sites is 1. The average Bonchev–Trinajstić information content (AvgIpc) is 3.59. The standard InChI is InChI=1S/C26H24N6O2S/c1-17-21-24(31(29-17)19-12-6-3-7-13-19)28-22(18-10-4-2-5-11-18)23(27-21)25(34)30-32-20(33)16-35-26(32)14-8-9-15-26/h2-7,10-13H,8-9,14-16H2,1H3,(H,30,34). The summed E-state index contributed by atoms with van der Waals surface area (Å²) in [7, 11) is 0. The summed E-state index contributed by atoms with van der Waals surface area (Å²) < 4.78 is 1.75. The molecule has 2 aromatic carbocycles. The lowest BCUT2D eigenvalue weighted by atomic mass is 10.1. The second-order valence-corrected chi connectivity index (χ2v) is 10.2. The maximum absolute atomic E-state index is 13.7. The minimum Gasteiger partial charge on any atom is -0.272 e. The van der Waals surface area contributed by atoms with Gasteiger partial charge in [0.05, 0.1) is 17.1 Å². The van der Waals surface area contributed by atoms with E-state index in [1.165, 1.54) is 0 Å². The molecule has 1 saturated heterocycles. The van der Waals surface area contributed by atoms with Gasteiger partial charge < -0.3 is 0 Å². The molecule has 35 heavy (non-hydrogen) atoms.